The maximum absolute atomic E-state index is 12.7. The van der Waals surface area contributed by atoms with Crippen molar-refractivity contribution in [1.29, 1.82) is 0 Å². The Balaban J connectivity index is 1.69. The highest BCUT2D eigenvalue weighted by atomic mass is 32.1. The summed E-state index contributed by atoms with van der Waals surface area (Å²) in [7, 11) is 5.62. The molecule has 2 heterocycles. The van der Waals surface area contributed by atoms with Crippen LogP contribution in [0.5, 0.6) is 5.75 Å². The van der Waals surface area contributed by atoms with E-state index in [1.807, 2.05) is 49.3 Å². The Morgan fingerprint density at radius 1 is 1.17 bits per heavy atom. The lowest BCUT2D eigenvalue weighted by atomic mass is 10.1. The van der Waals surface area contributed by atoms with Crippen molar-refractivity contribution in [2.45, 2.75) is 19.3 Å². The lowest BCUT2D eigenvalue weighted by Crippen LogP contribution is -2.27. The molecular formula is C22H29N3O3S. The number of hydrogen-bond donors (Lipinski definition) is 1. The highest BCUT2D eigenvalue weighted by Gasteiger charge is 2.23. The number of hydrogen-bond acceptors (Lipinski definition) is 5. The minimum absolute atomic E-state index is 0.0230. The van der Waals surface area contributed by atoms with Crippen molar-refractivity contribution in [2.75, 3.05) is 47.4 Å². The van der Waals surface area contributed by atoms with Gasteiger partial charge in [0, 0.05) is 24.5 Å². The van der Waals surface area contributed by atoms with Crippen LogP contribution < -0.4 is 10.1 Å². The third-order valence-corrected chi connectivity index (χ3v) is 6.14. The van der Waals surface area contributed by atoms with Crippen LogP contribution >= 0.6 is 11.3 Å². The van der Waals surface area contributed by atoms with E-state index in [4.69, 9.17) is 4.74 Å². The smallest absolute Gasteiger partial charge is 0.261 e. The summed E-state index contributed by atoms with van der Waals surface area (Å²) in [5, 5.41) is 2.97. The van der Waals surface area contributed by atoms with Gasteiger partial charge < -0.3 is 19.9 Å². The molecule has 1 aromatic heterocycles. The number of thiophene rings is 1. The van der Waals surface area contributed by atoms with Crippen molar-refractivity contribution in [3.8, 4) is 16.2 Å². The molecule has 0 aliphatic carbocycles. The van der Waals surface area contributed by atoms with Crippen LogP contribution in [-0.4, -0.2) is 69.0 Å². The summed E-state index contributed by atoms with van der Waals surface area (Å²) in [4.78, 5) is 30.7. The number of benzene rings is 1. The number of likely N-dealkylation sites (tertiary alicyclic amines) is 1. The summed E-state index contributed by atoms with van der Waals surface area (Å²) < 4.78 is 5.50. The highest BCUT2D eigenvalue weighted by molar-refractivity contribution is 7.17. The summed E-state index contributed by atoms with van der Waals surface area (Å²) >= 11 is 1.44. The predicted octanol–water partition coefficient (Wildman–Crippen LogP) is 3.34. The molecule has 0 atom stereocenters. The molecule has 29 heavy (non-hydrogen) atoms. The van der Waals surface area contributed by atoms with Crippen molar-refractivity contribution >= 4 is 23.2 Å². The van der Waals surface area contributed by atoms with E-state index in [2.05, 4.69) is 10.2 Å². The standard InChI is InChI=1S/C22H29N3O3S/c1-24(2)12-6-11-23-21(26)20-10-9-19(29-20)16-7-8-17(18(15-16)28-3)22(27)25-13-4-5-14-25/h7-10,15H,4-6,11-14H2,1-3H3,(H,23,26). The van der Waals surface area contributed by atoms with E-state index >= 15 is 0 Å². The molecule has 7 heteroatoms. The highest BCUT2D eigenvalue weighted by Crippen LogP contribution is 2.33. The van der Waals surface area contributed by atoms with E-state index < -0.39 is 0 Å². The first-order valence-corrected chi connectivity index (χ1v) is 10.8. The zero-order valence-corrected chi connectivity index (χ0v) is 18.2. The molecule has 156 valence electrons. The van der Waals surface area contributed by atoms with Crippen LogP contribution in [0.3, 0.4) is 0 Å². The molecule has 1 N–H and O–H groups in total. The fourth-order valence-corrected chi connectivity index (χ4v) is 4.33. The van der Waals surface area contributed by atoms with Gasteiger partial charge in [-0.15, -0.1) is 11.3 Å². The number of methoxy groups -OCH3 is 1. The summed E-state index contributed by atoms with van der Waals surface area (Å²) in [6.07, 6.45) is 3.03. The average Bonchev–Trinajstić information content (AvgIpc) is 3.42. The summed E-state index contributed by atoms with van der Waals surface area (Å²) in [5.41, 5.74) is 1.53. The minimum Gasteiger partial charge on any atom is -0.496 e. The Morgan fingerprint density at radius 2 is 1.93 bits per heavy atom. The Morgan fingerprint density at radius 3 is 2.62 bits per heavy atom. The summed E-state index contributed by atoms with van der Waals surface area (Å²) in [6, 6.07) is 9.42. The Kier molecular flexibility index (Phi) is 7.28. The fraction of sp³-hybridized carbons (Fsp3) is 0.455. The summed E-state index contributed by atoms with van der Waals surface area (Å²) in [5.74, 6) is 0.546. The fourth-order valence-electron chi connectivity index (χ4n) is 3.41. The third-order valence-electron chi connectivity index (χ3n) is 5.01. The number of nitrogens with one attached hydrogen (secondary N) is 1. The van der Waals surface area contributed by atoms with Crippen LogP contribution in [0.4, 0.5) is 0 Å². The van der Waals surface area contributed by atoms with Gasteiger partial charge in [0.05, 0.1) is 17.6 Å². The monoisotopic (exact) mass is 415 g/mol. The molecule has 0 radical (unpaired) electrons. The predicted molar refractivity (Wildman–Crippen MR) is 117 cm³/mol. The number of amides is 2. The topological polar surface area (TPSA) is 61.9 Å². The molecule has 1 aromatic carbocycles. The molecule has 1 saturated heterocycles. The van der Waals surface area contributed by atoms with E-state index in [0.29, 0.717) is 22.7 Å². The van der Waals surface area contributed by atoms with E-state index in [1.54, 1.807) is 7.11 Å². The third kappa shape index (κ3) is 5.36. The molecule has 1 aliphatic rings. The second-order valence-electron chi connectivity index (χ2n) is 7.49. The van der Waals surface area contributed by atoms with Crippen molar-refractivity contribution < 1.29 is 14.3 Å². The van der Waals surface area contributed by atoms with Gasteiger partial charge in [0.25, 0.3) is 11.8 Å². The normalized spacial score (nSPS) is 13.7. The van der Waals surface area contributed by atoms with Crippen LogP contribution in [0, 0.1) is 0 Å². The molecule has 2 amide bonds. The first-order valence-electron chi connectivity index (χ1n) is 10.00. The average molecular weight is 416 g/mol. The molecule has 3 rings (SSSR count). The number of nitrogens with zero attached hydrogens (tertiary/aromatic N) is 2. The molecule has 0 saturated carbocycles. The van der Waals surface area contributed by atoms with E-state index in [0.717, 1.165) is 49.3 Å². The van der Waals surface area contributed by atoms with Crippen molar-refractivity contribution in [2.24, 2.45) is 0 Å². The first-order chi connectivity index (χ1) is 14.0. The van der Waals surface area contributed by atoms with Crippen LogP contribution in [-0.2, 0) is 0 Å². The van der Waals surface area contributed by atoms with Crippen LogP contribution in [0.25, 0.3) is 10.4 Å². The molecule has 1 aliphatic heterocycles. The Hall–Kier alpha value is -2.38. The lowest BCUT2D eigenvalue weighted by Gasteiger charge is -2.17. The van der Waals surface area contributed by atoms with E-state index in [1.165, 1.54) is 11.3 Å². The Bertz CT molecular complexity index is 857. The van der Waals surface area contributed by atoms with Crippen LogP contribution in [0.1, 0.15) is 39.3 Å². The second-order valence-corrected chi connectivity index (χ2v) is 8.57. The molecule has 1 fully saturated rings. The SMILES string of the molecule is COc1cc(-c2ccc(C(=O)NCCCN(C)C)s2)ccc1C(=O)N1CCCC1. The largest absolute Gasteiger partial charge is 0.496 e. The van der Waals surface area contributed by atoms with Crippen molar-refractivity contribution in [3.05, 3.63) is 40.8 Å². The first kappa shape index (κ1) is 21.3. The van der Waals surface area contributed by atoms with Gasteiger partial charge in [0.1, 0.15) is 5.75 Å². The lowest BCUT2D eigenvalue weighted by molar-refractivity contribution is 0.0789. The number of carbonyl (C=O) groups excluding carboxylic acids is 2. The molecular weight excluding hydrogens is 386 g/mol. The van der Waals surface area contributed by atoms with Gasteiger partial charge in [0.15, 0.2) is 0 Å². The molecule has 0 bridgehead atoms. The molecule has 0 unspecified atom stereocenters. The maximum atomic E-state index is 12.7. The number of ether oxygens (including phenoxy) is 1. The zero-order chi connectivity index (χ0) is 20.8. The Labute approximate surface area is 176 Å². The zero-order valence-electron chi connectivity index (χ0n) is 17.4. The van der Waals surface area contributed by atoms with Gasteiger partial charge in [-0.1, -0.05) is 6.07 Å². The second kappa shape index (κ2) is 9.89. The number of carbonyl (C=O) groups is 2. The van der Waals surface area contributed by atoms with Crippen LogP contribution in [0.15, 0.2) is 30.3 Å². The van der Waals surface area contributed by atoms with E-state index in [-0.39, 0.29) is 11.8 Å². The molecule has 2 aromatic rings. The van der Waals surface area contributed by atoms with Gasteiger partial charge in [-0.05, 0) is 69.7 Å². The van der Waals surface area contributed by atoms with E-state index in [9.17, 15) is 9.59 Å². The molecule has 0 spiro atoms. The maximum Gasteiger partial charge on any atom is 0.261 e. The summed E-state index contributed by atoms with van der Waals surface area (Å²) in [6.45, 7) is 3.22. The molecule has 6 nitrogen and oxygen atoms in total. The minimum atomic E-state index is -0.0483. The van der Waals surface area contributed by atoms with Gasteiger partial charge >= 0.3 is 0 Å². The van der Waals surface area contributed by atoms with Crippen molar-refractivity contribution in [1.82, 2.24) is 15.1 Å². The van der Waals surface area contributed by atoms with Gasteiger partial charge in [-0.2, -0.15) is 0 Å². The van der Waals surface area contributed by atoms with Gasteiger partial charge in [-0.25, -0.2) is 0 Å². The van der Waals surface area contributed by atoms with Gasteiger partial charge in [0.2, 0.25) is 0 Å². The number of rotatable bonds is 8. The quantitative estimate of drug-likeness (QED) is 0.672. The van der Waals surface area contributed by atoms with Gasteiger partial charge in [-0.3, -0.25) is 9.59 Å². The van der Waals surface area contributed by atoms with Crippen LogP contribution in [0.2, 0.25) is 0 Å². The van der Waals surface area contributed by atoms with Crippen molar-refractivity contribution in [3.63, 3.8) is 0 Å².